The monoisotopic (exact) mass is 342 g/mol. The number of anilines is 1. The number of methoxy groups -OCH3 is 1. The van der Waals surface area contributed by atoms with Gasteiger partial charge in [0.2, 0.25) is 0 Å². The molecule has 1 N–H and O–H groups in total. The Labute approximate surface area is 151 Å². The van der Waals surface area contributed by atoms with Crippen molar-refractivity contribution < 1.29 is 4.74 Å². The van der Waals surface area contributed by atoms with Crippen molar-refractivity contribution in [3.63, 3.8) is 0 Å². The molecule has 0 spiro atoms. The van der Waals surface area contributed by atoms with Crippen LogP contribution in [0.3, 0.4) is 0 Å². The molecule has 0 amide bonds. The standard InChI is InChI=1S/C20H30N4O/c1-4-23-10-12-24(13-11-23)9-5-8-21-20-14-16(2)22-19-7-6-17(25-3)15-18(19)20/h6-7,14-15H,4-5,8-13H2,1-3H3,(H,21,22). The molecule has 1 aromatic heterocycles. The van der Waals surface area contributed by atoms with Crippen LogP contribution in [0.25, 0.3) is 10.9 Å². The van der Waals surface area contributed by atoms with Crippen LogP contribution in [0.15, 0.2) is 24.3 Å². The Morgan fingerprint density at radius 3 is 2.60 bits per heavy atom. The van der Waals surface area contributed by atoms with Crippen LogP contribution in [0.1, 0.15) is 19.0 Å². The number of fused-ring (bicyclic) bond motifs is 1. The van der Waals surface area contributed by atoms with Crippen molar-refractivity contribution in [2.24, 2.45) is 0 Å². The molecule has 5 nitrogen and oxygen atoms in total. The molecule has 1 aromatic carbocycles. The number of nitrogens with zero attached hydrogens (tertiary/aromatic N) is 3. The second-order valence-electron chi connectivity index (χ2n) is 6.75. The van der Waals surface area contributed by atoms with Crippen molar-refractivity contribution >= 4 is 16.6 Å². The van der Waals surface area contributed by atoms with Gasteiger partial charge in [-0.05, 0) is 50.7 Å². The summed E-state index contributed by atoms with van der Waals surface area (Å²) < 4.78 is 5.36. The van der Waals surface area contributed by atoms with E-state index in [1.807, 2.05) is 19.1 Å². The number of aromatic nitrogens is 1. The van der Waals surface area contributed by atoms with Gasteiger partial charge in [0, 0.05) is 49.5 Å². The van der Waals surface area contributed by atoms with Crippen molar-refractivity contribution in [1.82, 2.24) is 14.8 Å². The van der Waals surface area contributed by atoms with Crippen LogP contribution in [0.4, 0.5) is 5.69 Å². The van der Waals surface area contributed by atoms with Gasteiger partial charge in [-0.3, -0.25) is 4.98 Å². The molecule has 0 bridgehead atoms. The zero-order valence-corrected chi connectivity index (χ0v) is 15.7. The number of aryl methyl sites for hydroxylation is 1. The summed E-state index contributed by atoms with van der Waals surface area (Å²) in [5.74, 6) is 0.870. The second-order valence-corrected chi connectivity index (χ2v) is 6.75. The van der Waals surface area contributed by atoms with Crippen LogP contribution >= 0.6 is 0 Å². The number of nitrogens with one attached hydrogen (secondary N) is 1. The summed E-state index contributed by atoms with van der Waals surface area (Å²) in [6.07, 6.45) is 1.15. The van der Waals surface area contributed by atoms with Gasteiger partial charge in [-0.2, -0.15) is 0 Å². The lowest BCUT2D eigenvalue weighted by Gasteiger charge is -2.34. The van der Waals surface area contributed by atoms with Crippen molar-refractivity contribution in [2.45, 2.75) is 20.3 Å². The molecular weight excluding hydrogens is 312 g/mol. The van der Waals surface area contributed by atoms with E-state index in [9.17, 15) is 0 Å². The Balaban J connectivity index is 1.56. The highest BCUT2D eigenvalue weighted by atomic mass is 16.5. The number of rotatable bonds is 7. The lowest BCUT2D eigenvalue weighted by Crippen LogP contribution is -2.46. The van der Waals surface area contributed by atoms with E-state index in [-0.39, 0.29) is 0 Å². The largest absolute Gasteiger partial charge is 0.497 e. The number of likely N-dealkylation sites (N-methyl/N-ethyl adjacent to an activating group) is 1. The highest BCUT2D eigenvalue weighted by molar-refractivity contribution is 5.92. The predicted octanol–water partition coefficient (Wildman–Crippen LogP) is 2.99. The van der Waals surface area contributed by atoms with E-state index in [1.165, 1.54) is 32.7 Å². The van der Waals surface area contributed by atoms with Crippen molar-refractivity contribution in [1.29, 1.82) is 0 Å². The fourth-order valence-corrected chi connectivity index (χ4v) is 3.47. The SMILES string of the molecule is CCN1CCN(CCCNc2cc(C)nc3ccc(OC)cc23)CC1. The molecule has 1 aliphatic rings. The van der Waals surface area contributed by atoms with Crippen molar-refractivity contribution in [3.05, 3.63) is 30.0 Å². The number of pyridine rings is 1. The summed E-state index contributed by atoms with van der Waals surface area (Å²) in [6.45, 7) is 12.4. The Morgan fingerprint density at radius 1 is 1.12 bits per heavy atom. The second kappa shape index (κ2) is 8.50. The number of benzene rings is 1. The van der Waals surface area contributed by atoms with Crippen LogP contribution in [-0.2, 0) is 0 Å². The molecule has 0 radical (unpaired) electrons. The Hall–Kier alpha value is -1.85. The quantitative estimate of drug-likeness (QED) is 0.784. The Bertz CT molecular complexity index is 695. The minimum atomic E-state index is 0.870. The van der Waals surface area contributed by atoms with E-state index < -0.39 is 0 Å². The van der Waals surface area contributed by atoms with Crippen LogP contribution in [0.2, 0.25) is 0 Å². The van der Waals surface area contributed by atoms with Gasteiger partial charge in [-0.15, -0.1) is 0 Å². The molecule has 2 heterocycles. The van der Waals surface area contributed by atoms with Crippen molar-refractivity contribution in [3.8, 4) is 5.75 Å². The minimum Gasteiger partial charge on any atom is -0.497 e. The normalized spacial score (nSPS) is 16.3. The topological polar surface area (TPSA) is 40.6 Å². The third-order valence-electron chi connectivity index (χ3n) is 5.02. The maximum absolute atomic E-state index is 5.36. The molecule has 136 valence electrons. The molecule has 0 atom stereocenters. The first-order valence-corrected chi connectivity index (χ1v) is 9.33. The molecule has 0 saturated carbocycles. The van der Waals surface area contributed by atoms with Crippen LogP contribution in [0.5, 0.6) is 5.75 Å². The van der Waals surface area contributed by atoms with Gasteiger partial charge in [0.15, 0.2) is 0 Å². The van der Waals surface area contributed by atoms with Crippen LogP contribution < -0.4 is 10.1 Å². The Kier molecular flexibility index (Phi) is 6.10. The average Bonchev–Trinajstić information content (AvgIpc) is 2.65. The van der Waals surface area contributed by atoms with E-state index in [0.29, 0.717) is 0 Å². The summed E-state index contributed by atoms with van der Waals surface area (Å²) in [6, 6.07) is 8.18. The van der Waals surface area contributed by atoms with Gasteiger partial charge in [0.25, 0.3) is 0 Å². The predicted molar refractivity (Wildman–Crippen MR) is 105 cm³/mol. The van der Waals surface area contributed by atoms with E-state index in [1.54, 1.807) is 7.11 Å². The molecule has 0 aliphatic carbocycles. The first-order chi connectivity index (χ1) is 12.2. The highest BCUT2D eigenvalue weighted by Gasteiger charge is 2.14. The summed E-state index contributed by atoms with van der Waals surface area (Å²) in [5, 5.41) is 4.73. The molecule has 1 aliphatic heterocycles. The molecule has 1 fully saturated rings. The van der Waals surface area contributed by atoms with E-state index in [2.05, 4.69) is 39.2 Å². The van der Waals surface area contributed by atoms with Gasteiger partial charge in [0.05, 0.1) is 12.6 Å². The van der Waals surface area contributed by atoms with Gasteiger partial charge in [-0.25, -0.2) is 0 Å². The summed E-state index contributed by atoms with van der Waals surface area (Å²) in [5.41, 5.74) is 3.20. The minimum absolute atomic E-state index is 0.870. The number of hydrogen-bond donors (Lipinski definition) is 1. The lowest BCUT2D eigenvalue weighted by atomic mass is 10.1. The molecule has 1 saturated heterocycles. The molecule has 3 rings (SSSR count). The molecule has 2 aromatic rings. The third kappa shape index (κ3) is 4.61. The first kappa shape index (κ1) is 18.0. The van der Waals surface area contributed by atoms with E-state index in [0.717, 1.165) is 47.5 Å². The lowest BCUT2D eigenvalue weighted by molar-refractivity contribution is 0.137. The number of hydrogen-bond acceptors (Lipinski definition) is 5. The average molecular weight is 342 g/mol. The highest BCUT2D eigenvalue weighted by Crippen LogP contribution is 2.27. The summed E-state index contributed by atoms with van der Waals surface area (Å²) >= 11 is 0. The molecule has 5 heteroatoms. The Morgan fingerprint density at radius 2 is 1.88 bits per heavy atom. The van der Waals surface area contributed by atoms with E-state index >= 15 is 0 Å². The molecule has 25 heavy (non-hydrogen) atoms. The number of ether oxygens (including phenoxy) is 1. The number of piperazine rings is 1. The third-order valence-corrected chi connectivity index (χ3v) is 5.02. The van der Waals surface area contributed by atoms with Crippen LogP contribution in [-0.4, -0.2) is 67.7 Å². The fraction of sp³-hybridized carbons (Fsp3) is 0.550. The zero-order chi connectivity index (χ0) is 17.6. The molecular formula is C20H30N4O. The van der Waals surface area contributed by atoms with Crippen LogP contribution in [0, 0.1) is 6.92 Å². The van der Waals surface area contributed by atoms with Gasteiger partial charge >= 0.3 is 0 Å². The summed E-state index contributed by atoms with van der Waals surface area (Å²) in [4.78, 5) is 9.72. The zero-order valence-electron chi connectivity index (χ0n) is 15.7. The van der Waals surface area contributed by atoms with Gasteiger partial charge < -0.3 is 19.9 Å². The summed E-state index contributed by atoms with van der Waals surface area (Å²) in [7, 11) is 1.70. The molecule has 0 unspecified atom stereocenters. The van der Waals surface area contributed by atoms with Gasteiger partial charge in [0.1, 0.15) is 5.75 Å². The maximum atomic E-state index is 5.36. The van der Waals surface area contributed by atoms with Gasteiger partial charge in [-0.1, -0.05) is 6.92 Å². The van der Waals surface area contributed by atoms with E-state index in [4.69, 9.17) is 4.74 Å². The fourth-order valence-electron chi connectivity index (χ4n) is 3.47. The van der Waals surface area contributed by atoms with Crippen molar-refractivity contribution in [2.75, 3.05) is 58.2 Å². The first-order valence-electron chi connectivity index (χ1n) is 9.33. The smallest absolute Gasteiger partial charge is 0.119 e. The maximum Gasteiger partial charge on any atom is 0.119 e.